The van der Waals surface area contributed by atoms with Gasteiger partial charge < -0.3 is 4.74 Å². The van der Waals surface area contributed by atoms with Crippen LogP contribution in [-0.4, -0.2) is 22.2 Å². The highest BCUT2D eigenvalue weighted by Gasteiger charge is 2.24. The molecule has 3 aromatic rings. The molecule has 1 aliphatic rings. The number of Topliss-reactive ketones (excluding diaryl/α,β-unsaturated/α-hetero) is 1. The first-order valence-electron chi connectivity index (χ1n) is 8.34. The second kappa shape index (κ2) is 6.26. The second-order valence-electron chi connectivity index (χ2n) is 6.26. The number of para-hydroxylation sites is 1. The third-order valence-electron chi connectivity index (χ3n) is 4.54. The van der Waals surface area contributed by atoms with Gasteiger partial charge in [0.15, 0.2) is 5.78 Å². The van der Waals surface area contributed by atoms with Crippen molar-refractivity contribution in [3.8, 4) is 11.4 Å². The molecule has 0 N–H and O–H groups in total. The number of aromatic nitrogens is 2. The average Bonchev–Trinajstić information content (AvgIpc) is 2.93. The fourth-order valence-corrected chi connectivity index (χ4v) is 3.15. The Morgan fingerprint density at radius 2 is 1.85 bits per heavy atom. The van der Waals surface area contributed by atoms with Gasteiger partial charge in [-0.05, 0) is 56.3 Å². The summed E-state index contributed by atoms with van der Waals surface area (Å²) in [6.07, 6.45) is 1.84. The van der Waals surface area contributed by atoms with Crippen molar-refractivity contribution < 1.29 is 13.9 Å². The summed E-state index contributed by atoms with van der Waals surface area (Å²) in [5.41, 5.74) is 4.49. The van der Waals surface area contributed by atoms with Gasteiger partial charge in [-0.1, -0.05) is 12.1 Å². The van der Waals surface area contributed by atoms with Gasteiger partial charge in [0.05, 0.1) is 16.9 Å². The van der Waals surface area contributed by atoms with Crippen LogP contribution in [0.15, 0.2) is 54.1 Å². The normalized spacial score (nSPS) is 15.0. The molecule has 0 amide bonds. The number of carbonyl (C=O) groups excluding carboxylic acids is 1. The van der Waals surface area contributed by atoms with E-state index in [1.54, 1.807) is 28.9 Å². The summed E-state index contributed by atoms with van der Waals surface area (Å²) in [5.74, 6) is 0.298. The first-order chi connectivity index (χ1) is 12.5. The van der Waals surface area contributed by atoms with Crippen LogP contribution in [-0.2, 0) is 0 Å². The Hall–Kier alpha value is -3.21. The Kier molecular flexibility index (Phi) is 3.92. The molecule has 1 aliphatic heterocycles. The molecule has 4 nitrogen and oxygen atoms in total. The smallest absolute Gasteiger partial charge is 0.196 e. The number of rotatable bonds is 2. The number of hydrogen-bond donors (Lipinski definition) is 0. The van der Waals surface area contributed by atoms with Gasteiger partial charge in [-0.3, -0.25) is 4.79 Å². The Bertz CT molecular complexity index is 1030. The molecule has 130 valence electrons. The lowest BCUT2D eigenvalue weighted by Gasteiger charge is -2.18. The molecule has 1 aromatic heterocycles. The molecule has 0 saturated heterocycles. The Morgan fingerprint density at radius 3 is 2.62 bits per heavy atom. The number of aryl methyl sites for hydroxylation is 1. The highest BCUT2D eigenvalue weighted by Crippen LogP contribution is 2.29. The van der Waals surface area contributed by atoms with Gasteiger partial charge in [0.1, 0.15) is 18.2 Å². The fraction of sp³-hybridized carbons (Fsp3) is 0.143. The van der Waals surface area contributed by atoms with Gasteiger partial charge in [0, 0.05) is 16.8 Å². The average molecular weight is 348 g/mol. The van der Waals surface area contributed by atoms with E-state index >= 15 is 0 Å². The Labute approximate surface area is 150 Å². The Balaban J connectivity index is 1.74. The molecule has 5 heteroatoms. The van der Waals surface area contributed by atoms with E-state index < -0.39 is 0 Å². The van der Waals surface area contributed by atoms with Crippen molar-refractivity contribution >= 4 is 11.9 Å². The maximum absolute atomic E-state index is 13.2. The maximum Gasteiger partial charge on any atom is 0.196 e. The molecule has 2 aromatic carbocycles. The van der Waals surface area contributed by atoms with Crippen LogP contribution >= 0.6 is 0 Å². The third-order valence-corrected chi connectivity index (χ3v) is 4.54. The standard InChI is InChI=1S/C21H17FN2O2/c1-13-19(14(2)24(23-13)17-9-7-16(22)8-10-17)11-15-12-26-20-6-4-3-5-18(20)21(15)25/h3-11H,12H2,1-2H3/b15-11+. The van der Waals surface area contributed by atoms with Crippen molar-refractivity contribution in [3.05, 3.63) is 82.4 Å². The first kappa shape index (κ1) is 16.3. The molecule has 4 rings (SSSR count). The van der Waals surface area contributed by atoms with E-state index in [1.165, 1.54) is 12.1 Å². The lowest BCUT2D eigenvalue weighted by molar-refractivity contribution is 0.100. The molecule has 0 unspecified atom stereocenters. The van der Waals surface area contributed by atoms with Crippen LogP contribution in [0.25, 0.3) is 11.8 Å². The molecule has 0 aliphatic carbocycles. The summed E-state index contributed by atoms with van der Waals surface area (Å²) in [7, 11) is 0. The molecule has 2 heterocycles. The van der Waals surface area contributed by atoms with Crippen LogP contribution in [0.5, 0.6) is 5.75 Å². The van der Waals surface area contributed by atoms with Crippen molar-refractivity contribution in [1.29, 1.82) is 0 Å². The zero-order chi connectivity index (χ0) is 18.3. The van der Waals surface area contributed by atoms with Crippen molar-refractivity contribution in [1.82, 2.24) is 9.78 Å². The third kappa shape index (κ3) is 2.71. The number of ketones is 1. The zero-order valence-electron chi connectivity index (χ0n) is 14.5. The summed E-state index contributed by atoms with van der Waals surface area (Å²) in [5, 5.41) is 4.54. The van der Waals surface area contributed by atoms with E-state index in [4.69, 9.17) is 4.74 Å². The summed E-state index contributed by atoms with van der Waals surface area (Å²) >= 11 is 0. The van der Waals surface area contributed by atoms with Crippen molar-refractivity contribution in [3.63, 3.8) is 0 Å². The van der Waals surface area contributed by atoms with Gasteiger partial charge in [0.2, 0.25) is 0 Å². The minimum atomic E-state index is -0.291. The van der Waals surface area contributed by atoms with Gasteiger partial charge in [0.25, 0.3) is 0 Å². The van der Waals surface area contributed by atoms with Gasteiger partial charge in [-0.25, -0.2) is 9.07 Å². The molecule has 0 radical (unpaired) electrons. The van der Waals surface area contributed by atoms with Crippen LogP contribution in [0.1, 0.15) is 27.3 Å². The predicted octanol–water partition coefficient (Wildman–Crippen LogP) is 4.29. The van der Waals surface area contributed by atoms with Gasteiger partial charge in [-0.15, -0.1) is 0 Å². The van der Waals surface area contributed by atoms with Crippen molar-refractivity contribution in [2.75, 3.05) is 6.61 Å². The number of hydrogen-bond acceptors (Lipinski definition) is 3. The lowest BCUT2D eigenvalue weighted by atomic mass is 9.98. The van der Waals surface area contributed by atoms with Crippen LogP contribution in [0.3, 0.4) is 0 Å². The summed E-state index contributed by atoms with van der Waals surface area (Å²) in [6.45, 7) is 4.05. The molecular formula is C21H17FN2O2. The SMILES string of the molecule is Cc1nn(-c2ccc(F)cc2)c(C)c1/C=C1\COc2ccccc2C1=O. The van der Waals surface area contributed by atoms with E-state index in [-0.39, 0.29) is 18.2 Å². The molecule has 0 fully saturated rings. The predicted molar refractivity (Wildman–Crippen MR) is 97.2 cm³/mol. The van der Waals surface area contributed by atoms with Crippen molar-refractivity contribution in [2.24, 2.45) is 0 Å². The number of fused-ring (bicyclic) bond motifs is 1. The summed E-state index contributed by atoms with van der Waals surface area (Å²) < 4.78 is 20.6. The monoisotopic (exact) mass is 348 g/mol. The Morgan fingerprint density at radius 1 is 1.12 bits per heavy atom. The van der Waals surface area contributed by atoms with Crippen LogP contribution in [0.2, 0.25) is 0 Å². The van der Waals surface area contributed by atoms with Crippen LogP contribution in [0, 0.1) is 19.7 Å². The quantitative estimate of drug-likeness (QED) is 0.649. The number of carbonyl (C=O) groups is 1. The highest BCUT2D eigenvalue weighted by atomic mass is 19.1. The minimum absolute atomic E-state index is 0.0276. The lowest BCUT2D eigenvalue weighted by Crippen LogP contribution is -2.18. The van der Waals surface area contributed by atoms with E-state index in [0.717, 1.165) is 22.6 Å². The zero-order valence-corrected chi connectivity index (χ0v) is 14.5. The number of benzene rings is 2. The topological polar surface area (TPSA) is 44.1 Å². The largest absolute Gasteiger partial charge is 0.488 e. The van der Waals surface area contributed by atoms with Crippen LogP contribution in [0.4, 0.5) is 4.39 Å². The van der Waals surface area contributed by atoms with Gasteiger partial charge >= 0.3 is 0 Å². The number of nitrogens with zero attached hydrogens (tertiary/aromatic N) is 2. The van der Waals surface area contributed by atoms with E-state index in [2.05, 4.69) is 5.10 Å². The minimum Gasteiger partial charge on any atom is -0.488 e. The second-order valence-corrected chi connectivity index (χ2v) is 6.26. The first-order valence-corrected chi connectivity index (χ1v) is 8.34. The molecule has 0 atom stereocenters. The van der Waals surface area contributed by atoms with Gasteiger partial charge in [-0.2, -0.15) is 5.10 Å². The summed E-state index contributed by atoms with van der Waals surface area (Å²) in [6, 6.07) is 13.4. The molecule has 0 saturated carbocycles. The molecular weight excluding hydrogens is 331 g/mol. The molecule has 0 bridgehead atoms. The number of ether oxygens (including phenoxy) is 1. The summed E-state index contributed by atoms with van der Waals surface area (Å²) in [4.78, 5) is 12.7. The molecule has 0 spiro atoms. The van der Waals surface area contributed by atoms with Crippen LogP contribution < -0.4 is 4.74 Å². The maximum atomic E-state index is 13.2. The van der Waals surface area contributed by atoms with E-state index in [9.17, 15) is 9.18 Å². The fourth-order valence-electron chi connectivity index (χ4n) is 3.15. The number of halogens is 1. The van der Waals surface area contributed by atoms with E-state index in [1.807, 2.05) is 32.1 Å². The highest BCUT2D eigenvalue weighted by molar-refractivity contribution is 6.14. The van der Waals surface area contributed by atoms with Crippen molar-refractivity contribution in [2.45, 2.75) is 13.8 Å². The van der Waals surface area contributed by atoms with E-state index in [0.29, 0.717) is 16.9 Å². The molecule has 26 heavy (non-hydrogen) atoms.